The molecule has 2 amide bonds. The SMILES string of the molecule is CCOC(=O)NC1=Nc2cc(OCCCC(=O)NN3CCCCC3)ccc2CN1CC(=O)OCc1ccccc1. The maximum Gasteiger partial charge on any atom is 0.413 e. The Kier molecular flexibility index (Phi) is 10.7. The van der Waals surface area contributed by atoms with Gasteiger partial charge in [-0.3, -0.25) is 20.3 Å². The summed E-state index contributed by atoms with van der Waals surface area (Å²) in [6.45, 7) is 4.47. The number of carbonyl (C=O) groups excluding carboxylic acids is 3. The quantitative estimate of drug-likeness (QED) is 0.321. The van der Waals surface area contributed by atoms with Crippen molar-refractivity contribution in [2.45, 2.75) is 52.2 Å². The standard InChI is InChI=1S/C29H37N5O6/c1-2-38-29(37)31-28-30-25-18-24(39-17-9-12-26(35)32-34-15-7-4-8-16-34)14-13-23(25)19-33(28)20-27(36)40-21-22-10-5-3-6-11-22/h3,5-6,10-11,13-14,18H,2,4,7-9,12,15-17,19-21H2,1H3,(H,32,35)(H,30,31,37). The van der Waals surface area contributed by atoms with Crippen molar-refractivity contribution in [3.05, 3.63) is 59.7 Å². The van der Waals surface area contributed by atoms with Crippen LogP contribution >= 0.6 is 0 Å². The number of hydrogen-bond acceptors (Lipinski definition) is 9. The lowest BCUT2D eigenvalue weighted by molar-refractivity contribution is -0.145. The Balaban J connectivity index is 1.32. The van der Waals surface area contributed by atoms with Crippen LogP contribution in [0.25, 0.3) is 0 Å². The average molecular weight is 552 g/mol. The molecule has 0 saturated carbocycles. The fourth-order valence-corrected chi connectivity index (χ4v) is 4.43. The van der Waals surface area contributed by atoms with Crippen LogP contribution in [0.2, 0.25) is 0 Å². The first-order chi connectivity index (χ1) is 19.5. The maximum absolute atomic E-state index is 12.6. The number of amides is 2. The highest BCUT2D eigenvalue weighted by Crippen LogP contribution is 2.30. The molecular formula is C29H37N5O6. The van der Waals surface area contributed by atoms with Crippen LogP contribution in [0.15, 0.2) is 53.5 Å². The van der Waals surface area contributed by atoms with E-state index in [1.807, 2.05) is 47.5 Å². The van der Waals surface area contributed by atoms with Crippen molar-refractivity contribution in [3.63, 3.8) is 0 Å². The summed E-state index contributed by atoms with van der Waals surface area (Å²) in [5.74, 6) is 0.340. The molecule has 2 aliphatic rings. The number of rotatable bonds is 11. The first kappa shape index (κ1) is 28.9. The summed E-state index contributed by atoms with van der Waals surface area (Å²) in [5, 5.41) is 4.61. The van der Waals surface area contributed by atoms with Gasteiger partial charge in [-0.05, 0) is 43.4 Å². The topological polar surface area (TPSA) is 122 Å². The number of fused-ring (bicyclic) bond motifs is 1. The van der Waals surface area contributed by atoms with E-state index >= 15 is 0 Å². The van der Waals surface area contributed by atoms with E-state index in [2.05, 4.69) is 15.7 Å². The Morgan fingerprint density at radius 2 is 1.80 bits per heavy atom. The molecule has 0 aromatic heterocycles. The molecule has 11 heteroatoms. The summed E-state index contributed by atoms with van der Waals surface area (Å²) in [6, 6.07) is 14.9. The van der Waals surface area contributed by atoms with Crippen molar-refractivity contribution in [1.82, 2.24) is 20.7 Å². The summed E-state index contributed by atoms with van der Waals surface area (Å²) < 4.78 is 16.3. The smallest absolute Gasteiger partial charge is 0.413 e. The molecule has 0 atom stereocenters. The lowest BCUT2D eigenvalue weighted by Gasteiger charge is -2.29. The Morgan fingerprint density at radius 3 is 2.58 bits per heavy atom. The van der Waals surface area contributed by atoms with Crippen LogP contribution in [0, 0.1) is 0 Å². The molecule has 2 aliphatic heterocycles. The van der Waals surface area contributed by atoms with Crippen molar-refractivity contribution < 1.29 is 28.6 Å². The van der Waals surface area contributed by atoms with Gasteiger partial charge in [0.05, 0.1) is 18.9 Å². The van der Waals surface area contributed by atoms with Gasteiger partial charge in [-0.25, -0.2) is 14.8 Å². The lowest BCUT2D eigenvalue weighted by atomic mass is 10.1. The van der Waals surface area contributed by atoms with Gasteiger partial charge in [-0.15, -0.1) is 0 Å². The van der Waals surface area contributed by atoms with Crippen LogP contribution in [0.5, 0.6) is 5.75 Å². The van der Waals surface area contributed by atoms with Gasteiger partial charge in [-0.1, -0.05) is 42.8 Å². The van der Waals surface area contributed by atoms with Gasteiger partial charge >= 0.3 is 12.1 Å². The number of piperidine rings is 1. The number of hydrogen-bond donors (Lipinski definition) is 2. The molecule has 4 rings (SSSR count). The zero-order valence-electron chi connectivity index (χ0n) is 22.9. The fraction of sp³-hybridized carbons (Fsp3) is 0.448. The predicted molar refractivity (Wildman–Crippen MR) is 149 cm³/mol. The summed E-state index contributed by atoms with van der Waals surface area (Å²) >= 11 is 0. The molecule has 2 N–H and O–H groups in total. The summed E-state index contributed by atoms with van der Waals surface area (Å²) in [6.07, 6.45) is 3.72. The molecule has 1 fully saturated rings. The van der Waals surface area contributed by atoms with E-state index in [4.69, 9.17) is 14.2 Å². The average Bonchev–Trinajstić information content (AvgIpc) is 2.96. The molecule has 11 nitrogen and oxygen atoms in total. The van der Waals surface area contributed by atoms with Gasteiger partial charge in [-0.2, -0.15) is 0 Å². The van der Waals surface area contributed by atoms with Gasteiger partial charge in [0.25, 0.3) is 0 Å². The molecule has 0 radical (unpaired) electrons. The van der Waals surface area contributed by atoms with Gasteiger partial charge in [0.15, 0.2) is 0 Å². The number of nitrogens with one attached hydrogen (secondary N) is 2. The van der Waals surface area contributed by atoms with Crippen molar-refractivity contribution in [2.24, 2.45) is 4.99 Å². The Labute approximate surface area is 234 Å². The van der Waals surface area contributed by atoms with Crippen LogP contribution < -0.4 is 15.5 Å². The van der Waals surface area contributed by atoms with Crippen molar-refractivity contribution in [3.8, 4) is 5.75 Å². The van der Waals surface area contributed by atoms with Crippen LogP contribution in [-0.4, -0.2) is 66.7 Å². The Hall–Kier alpha value is -4.12. The van der Waals surface area contributed by atoms with Gasteiger partial charge in [0.2, 0.25) is 11.9 Å². The third-order valence-electron chi connectivity index (χ3n) is 6.45. The third-order valence-corrected chi connectivity index (χ3v) is 6.45. The van der Waals surface area contributed by atoms with E-state index in [0.29, 0.717) is 37.4 Å². The summed E-state index contributed by atoms with van der Waals surface area (Å²) in [7, 11) is 0. The number of esters is 1. The number of nitrogens with zero attached hydrogens (tertiary/aromatic N) is 3. The Bertz CT molecular complexity index is 1180. The number of carbonyl (C=O) groups is 3. The van der Waals surface area contributed by atoms with Crippen LogP contribution in [0.3, 0.4) is 0 Å². The number of guanidine groups is 1. The monoisotopic (exact) mass is 551 g/mol. The highest BCUT2D eigenvalue weighted by Gasteiger charge is 2.25. The number of aliphatic imine (C=N–C) groups is 1. The van der Waals surface area contributed by atoms with Crippen molar-refractivity contribution >= 4 is 29.6 Å². The van der Waals surface area contributed by atoms with Crippen LogP contribution in [0.1, 0.15) is 50.2 Å². The zero-order chi connectivity index (χ0) is 28.2. The molecule has 214 valence electrons. The van der Waals surface area contributed by atoms with Crippen LogP contribution in [0.4, 0.5) is 10.5 Å². The minimum atomic E-state index is -0.664. The zero-order valence-corrected chi connectivity index (χ0v) is 22.9. The molecule has 1 saturated heterocycles. The van der Waals surface area contributed by atoms with Crippen molar-refractivity contribution in [1.29, 1.82) is 0 Å². The molecule has 40 heavy (non-hydrogen) atoms. The minimum Gasteiger partial charge on any atom is -0.494 e. The first-order valence-corrected chi connectivity index (χ1v) is 13.8. The van der Waals surface area contributed by atoms with E-state index in [1.165, 1.54) is 6.42 Å². The second-order valence-corrected chi connectivity index (χ2v) is 9.61. The van der Waals surface area contributed by atoms with E-state index in [-0.39, 0.29) is 31.6 Å². The minimum absolute atomic E-state index is 0.00221. The number of alkyl carbamates (subject to hydrolysis) is 1. The van der Waals surface area contributed by atoms with E-state index < -0.39 is 12.1 Å². The highest BCUT2D eigenvalue weighted by atomic mass is 16.5. The molecular weight excluding hydrogens is 514 g/mol. The molecule has 2 heterocycles. The second kappa shape index (κ2) is 14.9. The summed E-state index contributed by atoms with van der Waals surface area (Å²) in [5.41, 5.74) is 5.32. The molecule has 2 aromatic rings. The molecule has 0 unspecified atom stereocenters. The predicted octanol–water partition coefficient (Wildman–Crippen LogP) is 3.66. The van der Waals surface area contributed by atoms with Crippen molar-refractivity contribution in [2.75, 3.05) is 32.8 Å². The van der Waals surface area contributed by atoms with Gasteiger partial charge in [0, 0.05) is 32.1 Å². The van der Waals surface area contributed by atoms with Gasteiger partial charge in [0.1, 0.15) is 18.9 Å². The molecule has 0 spiro atoms. The van der Waals surface area contributed by atoms with Gasteiger partial charge < -0.3 is 19.1 Å². The van der Waals surface area contributed by atoms with E-state index in [9.17, 15) is 14.4 Å². The Morgan fingerprint density at radius 1 is 1.00 bits per heavy atom. The third kappa shape index (κ3) is 8.98. The number of ether oxygens (including phenoxy) is 3. The normalized spacial score (nSPS) is 14.9. The number of benzene rings is 2. The summed E-state index contributed by atoms with van der Waals surface area (Å²) in [4.78, 5) is 43.2. The fourth-order valence-electron chi connectivity index (χ4n) is 4.43. The lowest BCUT2D eigenvalue weighted by Crippen LogP contribution is -2.47. The van der Waals surface area contributed by atoms with E-state index in [1.54, 1.807) is 17.9 Å². The van der Waals surface area contributed by atoms with Crippen LogP contribution in [-0.2, 0) is 32.2 Å². The second-order valence-electron chi connectivity index (χ2n) is 9.61. The molecule has 0 bridgehead atoms. The van der Waals surface area contributed by atoms with E-state index in [0.717, 1.165) is 37.1 Å². The maximum atomic E-state index is 12.6. The molecule has 0 aliphatic carbocycles. The number of hydrazine groups is 1. The largest absolute Gasteiger partial charge is 0.494 e. The molecule has 2 aromatic carbocycles. The highest BCUT2D eigenvalue weighted by molar-refractivity contribution is 5.97. The first-order valence-electron chi connectivity index (χ1n) is 13.8.